The van der Waals surface area contributed by atoms with Crippen molar-refractivity contribution in [3.8, 4) is 0 Å². The van der Waals surface area contributed by atoms with E-state index in [1.807, 2.05) is 0 Å². The number of rotatable bonds is 4. The Morgan fingerprint density at radius 2 is 2.10 bits per heavy atom. The van der Waals surface area contributed by atoms with Crippen LogP contribution in [0.2, 0.25) is 0 Å². The zero-order chi connectivity index (χ0) is 13.7. The molecule has 0 unspecified atom stereocenters. The fraction of sp³-hybridized carbons (Fsp3) is 0.562. The van der Waals surface area contributed by atoms with E-state index in [9.17, 15) is 4.79 Å². The van der Waals surface area contributed by atoms with Crippen LogP contribution in [0.1, 0.15) is 37.8 Å². The third-order valence-electron chi connectivity index (χ3n) is 3.83. The van der Waals surface area contributed by atoms with Gasteiger partial charge in [0.15, 0.2) is 0 Å². The number of amides is 1. The van der Waals surface area contributed by atoms with Gasteiger partial charge in [-0.1, -0.05) is 37.3 Å². The van der Waals surface area contributed by atoms with Gasteiger partial charge >= 0.3 is 0 Å². The second-order valence-corrected chi connectivity index (χ2v) is 5.48. The van der Waals surface area contributed by atoms with Crippen LogP contribution in [-0.2, 0) is 11.3 Å². The molecule has 112 valence electrons. The maximum absolute atomic E-state index is 11.2. The lowest BCUT2D eigenvalue weighted by molar-refractivity contribution is -0.122. The van der Waals surface area contributed by atoms with Gasteiger partial charge in [-0.05, 0) is 44.3 Å². The third-order valence-corrected chi connectivity index (χ3v) is 3.83. The number of hydrogen-bond acceptors (Lipinski definition) is 3. The maximum Gasteiger partial charge on any atom is 0.234 e. The highest BCUT2D eigenvalue weighted by atomic mass is 16.2. The molecule has 2 rings (SSSR count). The molecule has 0 saturated carbocycles. The van der Waals surface area contributed by atoms with Crippen LogP contribution in [-0.4, -0.2) is 23.9 Å². The summed E-state index contributed by atoms with van der Waals surface area (Å²) in [6.45, 7) is 5.27. The molecule has 1 saturated heterocycles. The Kier molecular flexibility index (Phi) is 6.68. The number of benzene rings is 1. The number of likely N-dealkylation sites (tertiary alicyclic amines) is 1. The number of carbonyl (C=O) groups excluding carboxylic acids is 1. The fourth-order valence-corrected chi connectivity index (χ4v) is 2.74. The van der Waals surface area contributed by atoms with E-state index in [0.29, 0.717) is 12.3 Å². The summed E-state index contributed by atoms with van der Waals surface area (Å²) in [5, 5.41) is 0. The van der Waals surface area contributed by atoms with Crippen molar-refractivity contribution < 1.29 is 4.79 Å². The maximum atomic E-state index is 11.2. The van der Waals surface area contributed by atoms with Crippen LogP contribution in [0.4, 0.5) is 0 Å². The zero-order valence-corrected chi connectivity index (χ0v) is 11.6. The molecule has 0 spiro atoms. The fourth-order valence-electron chi connectivity index (χ4n) is 2.74. The van der Waals surface area contributed by atoms with Gasteiger partial charge in [-0.25, -0.2) is 5.84 Å². The van der Waals surface area contributed by atoms with Crippen molar-refractivity contribution in [1.82, 2.24) is 10.3 Å². The van der Waals surface area contributed by atoms with E-state index in [-0.39, 0.29) is 13.3 Å². The number of nitrogens with two attached hydrogens (primary N) is 1. The molecule has 1 aromatic carbocycles. The number of hydrazine groups is 1. The predicted molar refractivity (Wildman–Crippen MR) is 82.9 cm³/mol. The zero-order valence-electron chi connectivity index (χ0n) is 11.6. The van der Waals surface area contributed by atoms with Crippen LogP contribution in [0.5, 0.6) is 0 Å². The number of nitrogens with zero attached hydrogens (tertiary/aromatic N) is 1. The van der Waals surface area contributed by atoms with E-state index in [4.69, 9.17) is 5.84 Å². The molecular formula is C16H27N3O. The molecule has 1 heterocycles. The average molecular weight is 277 g/mol. The lowest BCUT2D eigenvalue weighted by Gasteiger charge is -2.31. The van der Waals surface area contributed by atoms with Gasteiger partial charge < -0.3 is 0 Å². The highest BCUT2D eigenvalue weighted by Gasteiger charge is 2.21. The minimum absolute atomic E-state index is 0. The summed E-state index contributed by atoms with van der Waals surface area (Å²) in [5.41, 5.74) is 4.90. The van der Waals surface area contributed by atoms with Crippen LogP contribution < -0.4 is 11.3 Å². The smallest absolute Gasteiger partial charge is 0.234 e. The Balaban J connectivity index is 0.00000200. The molecule has 1 aliphatic rings. The summed E-state index contributed by atoms with van der Waals surface area (Å²) in [6.07, 6.45) is 2.73. The van der Waals surface area contributed by atoms with E-state index in [2.05, 4.69) is 41.5 Å². The van der Waals surface area contributed by atoms with E-state index in [1.165, 1.54) is 11.1 Å². The molecule has 1 fully saturated rings. The second-order valence-electron chi connectivity index (χ2n) is 5.48. The van der Waals surface area contributed by atoms with Crippen molar-refractivity contribution in [2.75, 3.05) is 13.1 Å². The summed E-state index contributed by atoms with van der Waals surface area (Å²) in [4.78, 5) is 13.7. The van der Waals surface area contributed by atoms with Gasteiger partial charge in [0.2, 0.25) is 5.91 Å². The van der Waals surface area contributed by atoms with Gasteiger partial charge in [-0.15, -0.1) is 0 Å². The molecular weight excluding hydrogens is 250 g/mol. The molecule has 0 radical (unpaired) electrons. The van der Waals surface area contributed by atoms with Crippen molar-refractivity contribution >= 4 is 5.91 Å². The van der Waals surface area contributed by atoms with E-state index >= 15 is 0 Å². The Bertz CT molecular complexity index is 425. The number of aryl methyl sites for hydroxylation is 1. The van der Waals surface area contributed by atoms with E-state index in [0.717, 1.165) is 32.5 Å². The number of nitrogens with one attached hydrogen (secondary N) is 1. The van der Waals surface area contributed by atoms with Crippen LogP contribution in [0.25, 0.3) is 0 Å². The Hall–Kier alpha value is -1.39. The highest BCUT2D eigenvalue weighted by molar-refractivity contribution is 5.75. The minimum Gasteiger partial charge on any atom is -0.299 e. The predicted octanol–water partition coefficient (Wildman–Crippen LogP) is 2.22. The third kappa shape index (κ3) is 4.94. The topological polar surface area (TPSA) is 58.4 Å². The van der Waals surface area contributed by atoms with Crippen molar-refractivity contribution in [2.45, 2.75) is 40.2 Å². The standard InChI is InChI=1S/C15H23N3O.CH4/c1-12-3-2-4-14(9-12)11-18-7-5-13(6-8-18)10-15(19)17-16;/h2-4,9,13H,5-8,10-11,16H2,1H3,(H,17,19);1H4. The first-order chi connectivity index (χ1) is 9.17. The van der Waals surface area contributed by atoms with Gasteiger partial charge in [0.05, 0.1) is 0 Å². The van der Waals surface area contributed by atoms with Gasteiger partial charge in [0, 0.05) is 13.0 Å². The molecule has 0 bridgehead atoms. The van der Waals surface area contributed by atoms with Gasteiger partial charge in [0.25, 0.3) is 0 Å². The summed E-state index contributed by atoms with van der Waals surface area (Å²) in [6, 6.07) is 8.67. The summed E-state index contributed by atoms with van der Waals surface area (Å²) >= 11 is 0. The minimum atomic E-state index is -0.0443. The second kappa shape index (κ2) is 8.02. The molecule has 4 heteroatoms. The normalized spacial score (nSPS) is 16.5. The SMILES string of the molecule is C.Cc1cccc(CN2CCC(CC(=O)NN)CC2)c1. The van der Waals surface area contributed by atoms with Gasteiger partial charge in [-0.3, -0.25) is 15.1 Å². The summed E-state index contributed by atoms with van der Waals surface area (Å²) in [7, 11) is 0. The lowest BCUT2D eigenvalue weighted by atomic mass is 9.93. The van der Waals surface area contributed by atoms with Crippen molar-refractivity contribution in [1.29, 1.82) is 0 Å². The first kappa shape index (κ1) is 16.7. The van der Waals surface area contributed by atoms with Gasteiger partial charge in [-0.2, -0.15) is 0 Å². The quantitative estimate of drug-likeness (QED) is 0.504. The molecule has 3 N–H and O–H groups in total. The Labute approximate surface area is 122 Å². The van der Waals surface area contributed by atoms with Crippen molar-refractivity contribution in [3.63, 3.8) is 0 Å². The van der Waals surface area contributed by atoms with Gasteiger partial charge in [0.1, 0.15) is 0 Å². The van der Waals surface area contributed by atoms with Crippen LogP contribution >= 0.6 is 0 Å². The van der Waals surface area contributed by atoms with E-state index < -0.39 is 0 Å². The first-order valence-electron chi connectivity index (χ1n) is 6.94. The molecule has 20 heavy (non-hydrogen) atoms. The summed E-state index contributed by atoms with van der Waals surface area (Å²) < 4.78 is 0. The van der Waals surface area contributed by atoms with Crippen LogP contribution in [0, 0.1) is 12.8 Å². The number of hydrogen-bond donors (Lipinski definition) is 2. The molecule has 0 atom stereocenters. The highest BCUT2D eigenvalue weighted by Crippen LogP contribution is 2.21. The van der Waals surface area contributed by atoms with Crippen molar-refractivity contribution in [2.24, 2.45) is 11.8 Å². The average Bonchev–Trinajstić information content (AvgIpc) is 2.41. The first-order valence-corrected chi connectivity index (χ1v) is 6.94. The molecule has 0 aliphatic carbocycles. The Morgan fingerprint density at radius 3 is 2.70 bits per heavy atom. The molecule has 0 aromatic heterocycles. The molecule has 4 nitrogen and oxygen atoms in total. The summed E-state index contributed by atoms with van der Waals surface area (Å²) in [5.74, 6) is 5.56. The Morgan fingerprint density at radius 1 is 1.40 bits per heavy atom. The largest absolute Gasteiger partial charge is 0.299 e. The molecule has 1 aromatic rings. The van der Waals surface area contributed by atoms with E-state index in [1.54, 1.807) is 0 Å². The monoisotopic (exact) mass is 277 g/mol. The number of piperidine rings is 1. The molecule has 1 amide bonds. The molecule has 1 aliphatic heterocycles. The van der Waals surface area contributed by atoms with Crippen LogP contribution in [0.15, 0.2) is 24.3 Å². The van der Waals surface area contributed by atoms with Crippen LogP contribution in [0.3, 0.4) is 0 Å². The number of carbonyl (C=O) groups is 1. The lowest BCUT2D eigenvalue weighted by Crippen LogP contribution is -2.37. The van der Waals surface area contributed by atoms with Crippen molar-refractivity contribution in [3.05, 3.63) is 35.4 Å².